The maximum absolute atomic E-state index is 13.7. The highest BCUT2D eigenvalue weighted by atomic mass is 16.5. The number of methoxy groups -OCH3 is 1. The van der Waals surface area contributed by atoms with Gasteiger partial charge in [-0.2, -0.15) is 0 Å². The van der Waals surface area contributed by atoms with E-state index in [1.807, 2.05) is 43.4 Å². The smallest absolute Gasteiger partial charge is 0.407 e. The number of nitrogens with one attached hydrogen (secondary N) is 4. The fourth-order valence-corrected chi connectivity index (χ4v) is 8.56. The number of hydrogen-bond acceptors (Lipinski definition) is 7. The molecule has 8 rings (SSSR count). The van der Waals surface area contributed by atoms with E-state index in [1.165, 1.54) is 7.11 Å². The van der Waals surface area contributed by atoms with Crippen LogP contribution in [0.3, 0.4) is 0 Å². The minimum absolute atomic E-state index is 0.0538. The molecule has 3 amide bonds. The zero-order chi connectivity index (χ0) is 38.8. The second-order valence-corrected chi connectivity index (χ2v) is 15.9. The first-order valence-corrected chi connectivity index (χ1v) is 19.9. The van der Waals surface area contributed by atoms with Gasteiger partial charge in [-0.15, -0.1) is 0 Å². The molecular weight excluding hydrogens is 705 g/mol. The van der Waals surface area contributed by atoms with Gasteiger partial charge in [0.1, 0.15) is 17.7 Å². The van der Waals surface area contributed by atoms with Gasteiger partial charge in [-0.1, -0.05) is 81.3 Å². The average Bonchev–Trinajstić information content (AvgIpc) is 3.62. The summed E-state index contributed by atoms with van der Waals surface area (Å²) < 4.78 is 4.76. The predicted molar refractivity (Wildman–Crippen MR) is 213 cm³/mol. The van der Waals surface area contributed by atoms with Crippen molar-refractivity contribution in [2.24, 2.45) is 11.8 Å². The zero-order valence-corrected chi connectivity index (χ0v) is 32.3. The summed E-state index contributed by atoms with van der Waals surface area (Å²) in [6.45, 7) is 4.42. The van der Waals surface area contributed by atoms with Crippen molar-refractivity contribution >= 4 is 17.9 Å². The molecule has 0 spiro atoms. The van der Waals surface area contributed by atoms with E-state index in [2.05, 4.69) is 85.2 Å². The molecule has 0 bridgehead atoms. The Hall–Kier alpha value is -5.78. The third-order valence-corrected chi connectivity index (χ3v) is 11.9. The molecule has 12 nitrogen and oxygen atoms in total. The SMILES string of the molecule is COC(=O)N[C@H](C(=O)N1CCC[C@H]1c1ncc(-c2ccc(-c3ccc(-c4cnc(C5CCCCC5C(=O)NC5(c6cccnc6)CC5)[nH]4)cc3)cc2)[nH]1)C(C)C. The van der Waals surface area contributed by atoms with Crippen LogP contribution in [0.1, 0.15) is 94.4 Å². The summed E-state index contributed by atoms with van der Waals surface area (Å²) in [4.78, 5) is 61.9. The predicted octanol–water partition coefficient (Wildman–Crippen LogP) is 7.65. The van der Waals surface area contributed by atoms with Crippen molar-refractivity contribution in [3.63, 3.8) is 0 Å². The fraction of sp³-hybridized carbons (Fsp3) is 0.409. The van der Waals surface area contributed by atoms with Crippen molar-refractivity contribution in [1.82, 2.24) is 40.5 Å². The Morgan fingerprint density at radius 2 is 1.43 bits per heavy atom. The molecule has 12 heteroatoms. The molecule has 4 heterocycles. The number of benzene rings is 2. The Kier molecular flexibility index (Phi) is 10.5. The summed E-state index contributed by atoms with van der Waals surface area (Å²) in [5, 5.41) is 6.11. The summed E-state index contributed by atoms with van der Waals surface area (Å²) in [5.74, 6) is 1.46. The standard InChI is InChI=1S/C44H50N8O4/c1-27(2)38(50-43(55)56-3)42(54)52-23-7-11-37(52)40-47-26-36(49-40)31-18-14-29(15-19-31)28-12-16-30(17-13-28)35-25-46-39(48-35)33-9-4-5-10-34(33)41(53)51-44(20-21-44)32-8-6-22-45-24-32/h6,8,12-19,22,24-27,33-34,37-38H,4-5,7,9-11,20-21,23H2,1-3H3,(H,46,48)(H,47,49)(H,50,55)(H,51,53)/t33?,34?,37-,38-/m0/s1. The van der Waals surface area contributed by atoms with Crippen molar-refractivity contribution in [3.05, 3.63) is 103 Å². The molecule has 2 saturated carbocycles. The molecule has 2 aromatic carbocycles. The lowest BCUT2D eigenvalue weighted by molar-refractivity contribution is -0.135. The summed E-state index contributed by atoms with van der Waals surface area (Å²) in [6.07, 6.45) is 14.2. The molecule has 0 radical (unpaired) electrons. The number of aromatic amines is 2. The number of likely N-dealkylation sites (tertiary alicyclic amines) is 1. The number of alkyl carbamates (subject to hydrolysis) is 1. The molecule has 1 saturated heterocycles. The molecule has 5 aromatic rings. The summed E-state index contributed by atoms with van der Waals surface area (Å²) in [7, 11) is 1.30. The number of nitrogens with zero attached hydrogens (tertiary/aromatic N) is 4. The van der Waals surface area contributed by atoms with E-state index in [1.54, 1.807) is 6.20 Å². The van der Waals surface area contributed by atoms with Crippen molar-refractivity contribution in [2.75, 3.05) is 13.7 Å². The zero-order valence-electron chi connectivity index (χ0n) is 32.3. The normalized spacial score (nSPS) is 20.7. The van der Waals surface area contributed by atoms with Crippen LogP contribution in [-0.2, 0) is 19.9 Å². The molecular formula is C44H50N8O4. The fourth-order valence-electron chi connectivity index (χ4n) is 8.56. The van der Waals surface area contributed by atoms with Gasteiger partial charge in [-0.3, -0.25) is 14.6 Å². The van der Waals surface area contributed by atoms with Gasteiger partial charge in [-0.05, 0) is 78.3 Å². The van der Waals surface area contributed by atoms with Crippen molar-refractivity contribution < 1.29 is 19.1 Å². The van der Waals surface area contributed by atoms with Gasteiger partial charge in [0.15, 0.2) is 0 Å². The number of ether oxygens (including phenoxy) is 1. The molecule has 56 heavy (non-hydrogen) atoms. The second-order valence-electron chi connectivity index (χ2n) is 15.9. The van der Waals surface area contributed by atoms with Crippen LogP contribution in [0.4, 0.5) is 4.79 Å². The van der Waals surface area contributed by atoms with E-state index in [0.29, 0.717) is 6.54 Å². The van der Waals surface area contributed by atoms with E-state index >= 15 is 0 Å². The van der Waals surface area contributed by atoms with Crippen LogP contribution in [0, 0.1) is 11.8 Å². The minimum atomic E-state index is -0.677. The third kappa shape index (κ3) is 7.56. The first-order chi connectivity index (χ1) is 27.2. The summed E-state index contributed by atoms with van der Waals surface area (Å²) in [5.41, 5.74) is 6.85. The average molecular weight is 755 g/mol. The van der Waals surface area contributed by atoms with Crippen LogP contribution in [0.15, 0.2) is 85.5 Å². The maximum Gasteiger partial charge on any atom is 0.407 e. The topological polar surface area (TPSA) is 158 Å². The van der Waals surface area contributed by atoms with E-state index in [-0.39, 0.29) is 41.1 Å². The third-order valence-electron chi connectivity index (χ3n) is 11.9. The van der Waals surface area contributed by atoms with E-state index < -0.39 is 12.1 Å². The van der Waals surface area contributed by atoms with E-state index in [0.717, 1.165) is 102 Å². The van der Waals surface area contributed by atoms with Crippen LogP contribution >= 0.6 is 0 Å². The molecule has 4 N–H and O–H groups in total. The highest BCUT2D eigenvalue weighted by Crippen LogP contribution is 2.47. The molecule has 2 unspecified atom stereocenters. The van der Waals surface area contributed by atoms with Crippen LogP contribution < -0.4 is 10.6 Å². The number of H-pyrrole nitrogens is 2. The first kappa shape index (κ1) is 37.2. The van der Waals surface area contributed by atoms with Gasteiger partial charge >= 0.3 is 6.09 Å². The van der Waals surface area contributed by atoms with Gasteiger partial charge in [0.25, 0.3) is 0 Å². The number of carbonyl (C=O) groups is 3. The minimum Gasteiger partial charge on any atom is -0.453 e. The molecule has 3 aliphatic rings. The molecule has 3 fully saturated rings. The first-order valence-electron chi connectivity index (χ1n) is 19.9. The van der Waals surface area contributed by atoms with Gasteiger partial charge < -0.3 is 30.2 Å². The molecule has 4 atom stereocenters. The van der Waals surface area contributed by atoms with Crippen LogP contribution in [-0.4, -0.2) is 67.4 Å². The lowest BCUT2D eigenvalue weighted by Gasteiger charge is -2.31. The van der Waals surface area contributed by atoms with Crippen LogP contribution in [0.5, 0.6) is 0 Å². The highest BCUT2D eigenvalue weighted by molar-refractivity contribution is 5.86. The van der Waals surface area contributed by atoms with Gasteiger partial charge in [0, 0.05) is 30.8 Å². The van der Waals surface area contributed by atoms with Crippen LogP contribution in [0.2, 0.25) is 0 Å². The molecule has 1 aliphatic heterocycles. The highest BCUT2D eigenvalue weighted by Gasteiger charge is 2.48. The Morgan fingerprint density at radius 1 is 0.804 bits per heavy atom. The Bertz CT molecular complexity index is 2160. The summed E-state index contributed by atoms with van der Waals surface area (Å²) >= 11 is 0. The van der Waals surface area contributed by atoms with Crippen molar-refractivity contribution in [2.45, 2.75) is 88.8 Å². The Labute approximate surface area is 327 Å². The number of imidazole rings is 2. The lowest BCUT2D eigenvalue weighted by atomic mass is 9.78. The molecule has 290 valence electrons. The monoisotopic (exact) mass is 754 g/mol. The van der Waals surface area contributed by atoms with Crippen molar-refractivity contribution in [3.8, 4) is 33.6 Å². The number of hydrogen-bond donors (Lipinski definition) is 4. The largest absolute Gasteiger partial charge is 0.453 e. The number of amides is 3. The van der Waals surface area contributed by atoms with Gasteiger partial charge in [0.2, 0.25) is 11.8 Å². The quantitative estimate of drug-likeness (QED) is 0.108. The number of rotatable bonds is 11. The van der Waals surface area contributed by atoms with E-state index in [4.69, 9.17) is 9.72 Å². The Morgan fingerprint density at radius 3 is 2.04 bits per heavy atom. The number of carbonyl (C=O) groups excluding carboxylic acids is 3. The van der Waals surface area contributed by atoms with E-state index in [9.17, 15) is 14.4 Å². The van der Waals surface area contributed by atoms with Crippen LogP contribution in [0.25, 0.3) is 33.6 Å². The second kappa shape index (κ2) is 15.8. The van der Waals surface area contributed by atoms with Gasteiger partial charge in [-0.25, -0.2) is 14.8 Å². The van der Waals surface area contributed by atoms with Crippen molar-refractivity contribution in [1.29, 1.82) is 0 Å². The van der Waals surface area contributed by atoms with Gasteiger partial charge in [0.05, 0.1) is 42.5 Å². The molecule has 2 aliphatic carbocycles. The molecule has 3 aromatic heterocycles. The maximum atomic E-state index is 13.7. The lowest BCUT2D eigenvalue weighted by Crippen LogP contribution is -2.51. The summed E-state index contributed by atoms with van der Waals surface area (Å²) in [6, 6.07) is 19.9. The number of aromatic nitrogens is 5. The Balaban J connectivity index is 0.913. The number of pyridine rings is 1.